The number of thioether (sulfide) groups is 1. The molecule has 158 valence electrons. The van der Waals surface area contributed by atoms with E-state index in [1.54, 1.807) is 28.8 Å². The number of nitrogens with zero attached hydrogens (tertiary/aromatic N) is 4. The van der Waals surface area contributed by atoms with E-state index >= 15 is 0 Å². The molecule has 0 saturated carbocycles. The fraction of sp³-hybridized carbons (Fsp3) is 0.100. The summed E-state index contributed by atoms with van der Waals surface area (Å²) < 4.78 is 1.81. The molecule has 4 aromatic rings. The number of carbonyl (C=O) groups is 1. The minimum absolute atomic E-state index is 0.170. The Bertz CT molecular complexity index is 1240. The summed E-state index contributed by atoms with van der Waals surface area (Å²) in [4.78, 5) is 16.8. The van der Waals surface area contributed by atoms with Gasteiger partial charge < -0.3 is 9.88 Å². The van der Waals surface area contributed by atoms with Crippen LogP contribution >= 0.6 is 57.9 Å². The predicted molar refractivity (Wildman–Crippen MR) is 128 cm³/mol. The summed E-state index contributed by atoms with van der Waals surface area (Å²) in [6.45, 7) is 0. The number of rotatable bonds is 6. The van der Waals surface area contributed by atoms with E-state index < -0.39 is 0 Å². The Morgan fingerprint density at radius 3 is 2.55 bits per heavy atom. The zero-order valence-electron chi connectivity index (χ0n) is 16.0. The molecule has 6 nitrogen and oxygen atoms in total. The summed E-state index contributed by atoms with van der Waals surface area (Å²) in [5.41, 5.74) is 2.51. The van der Waals surface area contributed by atoms with Crippen LogP contribution in [-0.4, -0.2) is 31.4 Å². The third-order valence-corrected chi connectivity index (χ3v) is 7.00. The van der Waals surface area contributed by atoms with Crippen molar-refractivity contribution in [2.75, 3.05) is 11.1 Å². The van der Waals surface area contributed by atoms with E-state index in [2.05, 4.69) is 20.5 Å². The molecule has 0 spiro atoms. The molecule has 31 heavy (non-hydrogen) atoms. The van der Waals surface area contributed by atoms with Crippen LogP contribution in [0, 0.1) is 0 Å². The highest BCUT2D eigenvalue weighted by molar-refractivity contribution is 7.99. The van der Waals surface area contributed by atoms with Crippen LogP contribution in [0.1, 0.15) is 0 Å². The van der Waals surface area contributed by atoms with E-state index in [1.165, 1.54) is 23.1 Å². The van der Waals surface area contributed by atoms with Crippen molar-refractivity contribution in [3.05, 3.63) is 62.9 Å². The van der Waals surface area contributed by atoms with Crippen molar-refractivity contribution in [3.8, 4) is 22.6 Å². The predicted octanol–water partition coefficient (Wildman–Crippen LogP) is 6.30. The van der Waals surface area contributed by atoms with Gasteiger partial charge in [0.2, 0.25) is 5.91 Å². The molecule has 0 aliphatic heterocycles. The number of carbonyl (C=O) groups excluding carboxylic acids is 1. The number of amides is 1. The second-order valence-corrected chi connectivity index (χ2v) is 9.43. The lowest BCUT2D eigenvalue weighted by molar-refractivity contribution is -0.113. The number of thiazole rings is 1. The van der Waals surface area contributed by atoms with Gasteiger partial charge in [0.25, 0.3) is 0 Å². The topological polar surface area (TPSA) is 72.7 Å². The zero-order valence-corrected chi connectivity index (χ0v) is 19.9. The Hall–Kier alpha value is -2.10. The minimum atomic E-state index is -0.180. The van der Waals surface area contributed by atoms with Gasteiger partial charge >= 0.3 is 0 Å². The Morgan fingerprint density at radius 2 is 1.81 bits per heavy atom. The van der Waals surface area contributed by atoms with Crippen molar-refractivity contribution < 1.29 is 4.79 Å². The number of hydrogen-bond donors (Lipinski definition) is 1. The highest BCUT2D eigenvalue weighted by atomic mass is 35.5. The molecule has 2 heterocycles. The van der Waals surface area contributed by atoms with Crippen molar-refractivity contribution in [1.29, 1.82) is 0 Å². The normalized spacial score (nSPS) is 11.0. The van der Waals surface area contributed by atoms with Crippen LogP contribution in [0.5, 0.6) is 0 Å². The number of benzene rings is 2. The SMILES string of the molecule is Cn1c(SCC(=O)Nc2nc(-c3ccc(Cl)cc3)cs2)nnc1-c1ccc(Cl)c(Cl)c1. The van der Waals surface area contributed by atoms with Crippen molar-refractivity contribution in [3.63, 3.8) is 0 Å². The molecule has 4 rings (SSSR count). The van der Waals surface area contributed by atoms with Gasteiger partial charge in [0.05, 0.1) is 21.5 Å². The van der Waals surface area contributed by atoms with Crippen LogP contribution < -0.4 is 5.32 Å². The first-order valence-electron chi connectivity index (χ1n) is 8.89. The first-order chi connectivity index (χ1) is 14.9. The molecule has 0 aliphatic rings. The summed E-state index contributed by atoms with van der Waals surface area (Å²) in [5, 5.41) is 15.8. The van der Waals surface area contributed by atoms with Crippen LogP contribution in [-0.2, 0) is 11.8 Å². The smallest absolute Gasteiger partial charge is 0.236 e. The summed E-state index contributed by atoms with van der Waals surface area (Å²) in [6.07, 6.45) is 0. The van der Waals surface area contributed by atoms with Crippen LogP contribution in [0.25, 0.3) is 22.6 Å². The second kappa shape index (κ2) is 9.58. The summed E-state index contributed by atoms with van der Waals surface area (Å²) in [7, 11) is 1.83. The van der Waals surface area contributed by atoms with E-state index in [9.17, 15) is 4.79 Å². The lowest BCUT2D eigenvalue weighted by Gasteiger charge is -2.05. The second-order valence-electron chi connectivity index (χ2n) is 6.38. The number of aromatic nitrogens is 4. The third kappa shape index (κ3) is 5.22. The fourth-order valence-electron chi connectivity index (χ4n) is 2.70. The lowest BCUT2D eigenvalue weighted by Crippen LogP contribution is -2.14. The largest absolute Gasteiger partial charge is 0.305 e. The summed E-state index contributed by atoms with van der Waals surface area (Å²) in [5.74, 6) is 0.624. The first-order valence-corrected chi connectivity index (χ1v) is 11.9. The first kappa shape index (κ1) is 22.1. The fourth-order valence-corrected chi connectivity index (χ4v) is 4.57. The number of nitrogens with one attached hydrogen (secondary N) is 1. The minimum Gasteiger partial charge on any atom is -0.305 e. The standard InChI is InChI=1S/C20H14Cl3N5OS2/c1-28-18(12-4-7-14(22)15(23)8-12)26-27-20(28)31-10-17(29)25-19-24-16(9-30-19)11-2-5-13(21)6-3-11/h2-9H,10H2,1H3,(H,24,25,29). The molecule has 0 unspecified atom stereocenters. The molecule has 0 saturated heterocycles. The number of hydrogen-bond acceptors (Lipinski definition) is 6. The van der Waals surface area contributed by atoms with Gasteiger partial charge in [-0.1, -0.05) is 58.7 Å². The van der Waals surface area contributed by atoms with E-state index in [0.29, 0.717) is 31.2 Å². The van der Waals surface area contributed by atoms with Gasteiger partial charge in [0.1, 0.15) is 0 Å². The molecule has 0 bridgehead atoms. The quantitative estimate of drug-likeness (QED) is 0.308. The van der Waals surface area contributed by atoms with Gasteiger partial charge in [-0.05, 0) is 30.3 Å². The van der Waals surface area contributed by atoms with E-state index in [-0.39, 0.29) is 11.7 Å². The van der Waals surface area contributed by atoms with Gasteiger partial charge in [0, 0.05) is 28.6 Å². The molecule has 2 aromatic heterocycles. The highest BCUT2D eigenvalue weighted by Crippen LogP contribution is 2.29. The van der Waals surface area contributed by atoms with Crippen LogP contribution in [0.15, 0.2) is 53.0 Å². The molecule has 0 fully saturated rings. The van der Waals surface area contributed by atoms with Crippen LogP contribution in [0.4, 0.5) is 5.13 Å². The zero-order chi connectivity index (χ0) is 22.0. The molecule has 2 aromatic carbocycles. The molecule has 0 atom stereocenters. The molecular weight excluding hydrogens is 497 g/mol. The van der Waals surface area contributed by atoms with E-state index in [4.69, 9.17) is 34.8 Å². The van der Waals surface area contributed by atoms with E-state index in [0.717, 1.165) is 16.8 Å². The molecular formula is C20H14Cl3N5OS2. The van der Waals surface area contributed by atoms with Gasteiger partial charge in [-0.2, -0.15) is 0 Å². The Labute approximate surface area is 201 Å². The van der Waals surface area contributed by atoms with Crippen LogP contribution in [0.2, 0.25) is 15.1 Å². The third-order valence-electron chi connectivity index (χ3n) is 4.24. The van der Waals surface area contributed by atoms with Gasteiger partial charge in [-0.3, -0.25) is 4.79 Å². The lowest BCUT2D eigenvalue weighted by atomic mass is 10.2. The average Bonchev–Trinajstić information content (AvgIpc) is 3.36. The Kier molecular flexibility index (Phi) is 6.83. The summed E-state index contributed by atoms with van der Waals surface area (Å²) in [6, 6.07) is 12.6. The maximum absolute atomic E-state index is 12.4. The van der Waals surface area contributed by atoms with Crippen molar-refractivity contribution in [2.24, 2.45) is 7.05 Å². The van der Waals surface area contributed by atoms with Crippen LogP contribution in [0.3, 0.4) is 0 Å². The van der Waals surface area contributed by atoms with Gasteiger partial charge in [0.15, 0.2) is 16.1 Å². The Balaban J connectivity index is 1.38. The number of halogens is 3. The van der Waals surface area contributed by atoms with Crippen molar-refractivity contribution in [1.82, 2.24) is 19.7 Å². The average molecular weight is 511 g/mol. The molecule has 0 radical (unpaired) electrons. The monoisotopic (exact) mass is 509 g/mol. The van der Waals surface area contributed by atoms with Crippen molar-refractivity contribution >= 4 is 68.9 Å². The van der Waals surface area contributed by atoms with Gasteiger partial charge in [-0.15, -0.1) is 21.5 Å². The maximum Gasteiger partial charge on any atom is 0.236 e. The number of anilines is 1. The summed E-state index contributed by atoms with van der Waals surface area (Å²) >= 11 is 20.6. The molecule has 11 heteroatoms. The van der Waals surface area contributed by atoms with Crippen molar-refractivity contribution in [2.45, 2.75) is 5.16 Å². The maximum atomic E-state index is 12.4. The molecule has 0 aliphatic carbocycles. The van der Waals surface area contributed by atoms with E-state index in [1.807, 2.05) is 30.6 Å². The van der Waals surface area contributed by atoms with Gasteiger partial charge in [-0.25, -0.2) is 4.98 Å². The molecule has 1 amide bonds. The Morgan fingerprint density at radius 1 is 1.06 bits per heavy atom. The highest BCUT2D eigenvalue weighted by Gasteiger charge is 2.15. The molecule has 1 N–H and O–H groups in total.